The summed E-state index contributed by atoms with van der Waals surface area (Å²) in [7, 11) is 0. The highest BCUT2D eigenvalue weighted by Crippen LogP contribution is 2.29. The summed E-state index contributed by atoms with van der Waals surface area (Å²) in [5.41, 5.74) is 1.66. The number of halogens is 3. The molecule has 0 aliphatic carbocycles. The highest BCUT2D eigenvalue weighted by Gasteiger charge is 2.30. The molecule has 1 amide bonds. The molecule has 0 spiro atoms. The fraction of sp³-hybridized carbons (Fsp3) is 0.227. The molecule has 2 N–H and O–H groups in total. The van der Waals surface area contributed by atoms with Gasteiger partial charge in [0.2, 0.25) is 0 Å². The molecule has 1 aliphatic heterocycles. The summed E-state index contributed by atoms with van der Waals surface area (Å²) in [6, 6.07) is 13.0. The lowest BCUT2D eigenvalue weighted by Gasteiger charge is -2.17. The second kappa shape index (κ2) is 8.63. The number of carbonyl (C=O) groups excluding carboxylic acids is 1. The van der Waals surface area contributed by atoms with Crippen molar-refractivity contribution in [3.05, 3.63) is 71.9 Å². The van der Waals surface area contributed by atoms with Crippen LogP contribution in [0.15, 0.2) is 60.8 Å². The first-order valence-corrected chi connectivity index (χ1v) is 9.82. The Morgan fingerprint density at radius 3 is 2.23 bits per heavy atom. The Kier molecular flexibility index (Phi) is 5.75. The lowest BCUT2D eigenvalue weighted by molar-refractivity contribution is -0.137. The van der Waals surface area contributed by atoms with Crippen LogP contribution in [0.3, 0.4) is 0 Å². The Balaban J connectivity index is 1.38. The zero-order chi connectivity index (χ0) is 21.8. The topological polar surface area (TPSA) is 70.2 Å². The summed E-state index contributed by atoms with van der Waals surface area (Å²) in [6.07, 6.45) is -0.345. The van der Waals surface area contributed by atoms with Crippen molar-refractivity contribution in [3.63, 3.8) is 0 Å². The number of amides is 1. The molecule has 0 bridgehead atoms. The summed E-state index contributed by atoms with van der Waals surface area (Å²) in [5, 5.41) is 14.0. The maximum Gasteiger partial charge on any atom is 0.416 e. The van der Waals surface area contributed by atoms with E-state index in [-0.39, 0.29) is 5.56 Å². The van der Waals surface area contributed by atoms with E-state index in [1.807, 2.05) is 6.07 Å². The molecule has 1 aromatic heterocycles. The Morgan fingerprint density at radius 2 is 1.58 bits per heavy atom. The predicted molar refractivity (Wildman–Crippen MR) is 113 cm³/mol. The van der Waals surface area contributed by atoms with Gasteiger partial charge in [0.1, 0.15) is 0 Å². The molecular formula is C22H20F3N5O. The summed E-state index contributed by atoms with van der Waals surface area (Å²) in [5.74, 6) is 0.129. The number of nitrogens with zero attached hydrogens (tertiary/aromatic N) is 3. The van der Waals surface area contributed by atoms with Gasteiger partial charge in [-0.3, -0.25) is 4.79 Å². The lowest BCUT2D eigenvalue weighted by Crippen LogP contribution is -2.18. The van der Waals surface area contributed by atoms with E-state index >= 15 is 0 Å². The van der Waals surface area contributed by atoms with Crippen molar-refractivity contribution >= 4 is 28.8 Å². The van der Waals surface area contributed by atoms with Gasteiger partial charge in [0.05, 0.1) is 17.4 Å². The monoisotopic (exact) mass is 427 g/mol. The maximum atomic E-state index is 12.6. The standard InChI is InChI=1S/C22H20F3N5O/c23-22(24,25)16-5-3-15(4-6-16)21(31)28-18-9-7-17(8-10-18)27-20-13-19(14-26-29-20)30-11-1-2-12-30/h3-10,13-14H,1-2,11-12H2,(H,27,29)(H,28,31). The zero-order valence-corrected chi connectivity index (χ0v) is 16.5. The maximum absolute atomic E-state index is 12.6. The van der Waals surface area contributed by atoms with E-state index in [2.05, 4.69) is 25.7 Å². The largest absolute Gasteiger partial charge is 0.416 e. The smallest absolute Gasteiger partial charge is 0.370 e. The summed E-state index contributed by atoms with van der Waals surface area (Å²) < 4.78 is 37.9. The average Bonchev–Trinajstić information content (AvgIpc) is 3.30. The predicted octanol–water partition coefficient (Wildman–Crippen LogP) is 5.09. The third kappa shape index (κ3) is 5.11. The first-order chi connectivity index (χ1) is 14.9. The molecule has 2 heterocycles. The van der Waals surface area contributed by atoms with Gasteiger partial charge in [0, 0.05) is 36.1 Å². The Morgan fingerprint density at radius 1 is 0.935 bits per heavy atom. The van der Waals surface area contributed by atoms with Crippen LogP contribution in [0.1, 0.15) is 28.8 Å². The fourth-order valence-corrected chi connectivity index (χ4v) is 3.36. The number of benzene rings is 2. The van der Waals surface area contributed by atoms with Gasteiger partial charge in [0.25, 0.3) is 5.91 Å². The van der Waals surface area contributed by atoms with E-state index in [4.69, 9.17) is 0 Å². The van der Waals surface area contributed by atoms with Gasteiger partial charge in [-0.25, -0.2) is 0 Å². The molecule has 6 nitrogen and oxygen atoms in total. The highest BCUT2D eigenvalue weighted by molar-refractivity contribution is 6.04. The Hall–Kier alpha value is -3.62. The van der Waals surface area contributed by atoms with Gasteiger partial charge < -0.3 is 15.5 Å². The van der Waals surface area contributed by atoms with Crippen LogP contribution in [0.25, 0.3) is 0 Å². The highest BCUT2D eigenvalue weighted by atomic mass is 19.4. The van der Waals surface area contributed by atoms with Gasteiger partial charge in [0.15, 0.2) is 5.82 Å². The van der Waals surface area contributed by atoms with Crippen molar-refractivity contribution in [2.24, 2.45) is 0 Å². The van der Waals surface area contributed by atoms with Crippen LogP contribution in [0.4, 0.5) is 36.1 Å². The Labute approximate surface area is 177 Å². The molecule has 0 unspecified atom stereocenters. The van der Waals surface area contributed by atoms with E-state index in [1.165, 1.54) is 12.8 Å². The average molecular weight is 427 g/mol. The molecule has 9 heteroatoms. The molecule has 0 saturated carbocycles. The quantitative estimate of drug-likeness (QED) is 0.594. The molecule has 1 aliphatic rings. The fourth-order valence-electron chi connectivity index (χ4n) is 3.36. The van der Waals surface area contributed by atoms with E-state index in [1.54, 1.807) is 30.5 Å². The first kappa shape index (κ1) is 20.6. The zero-order valence-electron chi connectivity index (χ0n) is 16.5. The third-order valence-electron chi connectivity index (χ3n) is 5.00. The minimum absolute atomic E-state index is 0.143. The van der Waals surface area contributed by atoms with E-state index < -0.39 is 17.6 Å². The van der Waals surface area contributed by atoms with E-state index in [0.29, 0.717) is 11.5 Å². The van der Waals surface area contributed by atoms with Crippen molar-refractivity contribution in [2.75, 3.05) is 28.6 Å². The minimum atomic E-state index is -4.43. The normalized spacial score (nSPS) is 13.8. The number of alkyl halides is 3. The molecule has 1 fully saturated rings. The van der Waals surface area contributed by atoms with Crippen LogP contribution in [0.2, 0.25) is 0 Å². The van der Waals surface area contributed by atoms with E-state index in [0.717, 1.165) is 48.7 Å². The molecule has 2 aromatic carbocycles. The number of nitrogens with one attached hydrogen (secondary N) is 2. The van der Waals surface area contributed by atoms with Crippen molar-refractivity contribution in [1.82, 2.24) is 10.2 Å². The molecule has 0 radical (unpaired) electrons. The van der Waals surface area contributed by atoms with Gasteiger partial charge >= 0.3 is 6.18 Å². The van der Waals surface area contributed by atoms with Crippen molar-refractivity contribution < 1.29 is 18.0 Å². The minimum Gasteiger partial charge on any atom is -0.370 e. The van der Waals surface area contributed by atoms with Crippen LogP contribution in [-0.4, -0.2) is 29.2 Å². The van der Waals surface area contributed by atoms with Crippen molar-refractivity contribution in [1.29, 1.82) is 0 Å². The van der Waals surface area contributed by atoms with Crippen molar-refractivity contribution in [3.8, 4) is 0 Å². The number of rotatable bonds is 5. The lowest BCUT2D eigenvalue weighted by atomic mass is 10.1. The van der Waals surface area contributed by atoms with Crippen LogP contribution >= 0.6 is 0 Å². The third-order valence-corrected chi connectivity index (χ3v) is 5.00. The molecule has 1 saturated heterocycles. The second-order valence-electron chi connectivity index (χ2n) is 7.22. The number of aromatic nitrogens is 2. The number of hydrogen-bond donors (Lipinski definition) is 2. The Bertz CT molecular complexity index is 1050. The summed E-state index contributed by atoms with van der Waals surface area (Å²) in [4.78, 5) is 14.5. The van der Waals surface area contributed by atoms with Gasteiger partial charge in [-0.1, -0.05) is 0 Å². The molecule has 160 valence electrons. The van der Waals surface area contributed by atoms with E-state index in [9.17, 15) is 18.0 Å². The van der Waals surface area contributed by atoms with Gasteiger partial charge in [-0.15, -0.1) is 5.10 Å². The summed E-state index contributed by atoms with van der Waals surface area (Å²) >= 11 is 0. The first-order valence-electron chi connectivity index (χ1n) is 9.82. The van der Waals surface area contributed by atoms with Gasteiger partial charge in [-0.05, 0) is 61.4 Å². The van der Waals surface area contributed by atoms with Crippen LogP contribution in [-0.2, 0) is 6.18 Å². The van der Waals surface area contributed by atoms with Crippen molar-refractivity contribution in [2.45, 2.75) is 19.0 Å². The number of anilines is 4. The summed E-state index contributed by atoms with van der Waals surface area (Å²) in [6.45, 7) is 2.02. The van der Waals surface area contributed by atoms with Crippen LogP contribution < -0.4 is 15.5 Å². The van der Waals surface area contributed by atoms with Crippen LogP contribution in [0, 0.1) is 0 Å². The number of carbonyl (C=O) groups is 1. The molecule has 3 aromatic rings. The van der Waals surface area contributed by atoms with Crippen LogP contribution in [0.5, 0.6) is 0 Å². The second-order valence-corrected chi connectivity index (χ2v) is 7.22. The molecule has 4 rings (SSSR count). The molecule has 31 heavy (non-hydrogen) atoms. The molecular weight excluding hydrogens is 407 g/mol. The molecule has 0 atom stereocenters. The number of hydrogen-bond acceptors (Lipinski definition) is 5. The SMILES string of the molecule is O=C(Nc1ccc(Nc2cc(N3CCCC3)cnn2)cc1)c1ccc(C(F)(F)F)cc1. The van der Waals surface area contributed by atoms with Gasteiger partial charge in [-0.2, -0.15) is 18.3 Å².